The number of amides is 1. The van der Waals surface area contributed by atoms with E-state index in [9.17, 15) is 14.7 Å². The summed E-state index contributed by atoms with van der Waals surface area (Å²) in [5, 5.41) is 11.1. The number of anilines is 1. The van der Waals surface area contributed by atoms with Crippen LogP contribution in [0.2, 0.25) is 0 Å². The maximum Gasteiger partial charge on any atom is 0.355 e. The Bertz CT molecular complexity index is 1770. The highest BCUT2D eigenvalue weighted by atomic mass is 19.1. The van der Waals surface area contributed by atoms with Crippen LogP contribution in [0.15, 0.2) is 54.0 Å². The van der Waals surface area contributed by atoms with Crippen LogP contribution in [0.1, 0.15) is 31.0 Å². The minimum Gasteiger partial charge on any atom is -0.507 e. The molecule has 0 bridgehead atoms. The number of rotatable bonds is 4. The first-order valence-corrected chi connectivity index (χ1v) is 13.4. The topological polar surface area (TPSA) is 114 Å². The van der Waals surface area contributed by atoms with E-state index < -0.39 is 11.5 Å². The number of nitrogens with zero attached hydrogens (tertiary/aromatic N) is 6. The number of phenols is 1. The van der Waals surface area contributed by atoms with Gasteiger partial charge in [0.15, 0.2) is 5.65 Å². The molecule has 0 radical (unpaired) electrons. The summed E-state index contributed by atoms with van der Waals surface area (Å²) in [5.41, 5.74) is 1.63. The molecule has 0 saturated carbocycles. The first-order chi connectivity index (χ1) is 19.7. The fourth-order valence-electron chi connectivity index (χ4n) is 5.66. The molecule has 5 heterocycles. The van der Waals surface area contributed by atoms with Gasteiger partial charge in [-0.2, -0.15) is 4.98 Å². The molecule has 4 aromatic rings. The fraction of sp³-hybridized carbons (Fsp3) is 0.300. The number of hydrogen-bond donors (Lipinski definition) is 1. The van der Waals surface area contributed by atoms with Gasteiger partial charge in [0.25, 0.3) is 0 Å². The Balaban J connectivity index is 1.68. The largest absolute Gasteiger partial charge is 0.507 e. The van der Waals surface area contributed by atoms with Gasteiger partial charge in [0.2, 0.25) is 5.91 Å². The molecule has 1 saturated heterocycles. The molecule has 11 heteroatoms. The lowest BCUT2D eigenvalue weighted by atomic mass is 10.0. The average molecular weight is 557 g/mol. The van der Waals surface area contributed by atoms with Crippen LogP contribution in [-0.4, -0.2) is 67.7 Å². The number of aryl methyl sites for hydroxylation is 1. The van der Waals surface area contributed by atoms with Crippen LogP contribution in [0.3, 0.4) is 0 Å². The average Bonchev–Trinajstić information content (AvgIpc) is 3.10. The van der Waals surface area contributed by atoms with Gasteiger partial charge in [-0.3, -0.25) is 9.78 Å². The molecule has 1 fully saturated rings. The van der Waals surface area contributed by atoms with Crippen LogP contribution >= 0.6 is 0 Å². The molecule has 41 heavy (non-hydrogen) atoms. The van der Waals surface area contributed by atoms with E-state index in [1.54, 1.807) is 23.2 Å². The van der Waals surface area contributed by atoms with Gasteiger partial charge in [-0.25, -0.2) is 18.7 Å². The van der Waals surface area contributed by atoms with Crippen molar-refractivity contribution in [1.29, 1.82) is 0 Å². The van der Waals surface area contributed by atoms with Crippen LogP contribution in [0.5, 0.6) is 11.5 Å². The van der Waals surface area contributed by atoms with E-state index in [2.05, 4.69) is 16.5 Å². The lowest BCUT2D eigenvalue weighted by molar-refractivity contribution is -0.126. The van der Waals surface area contributed by atoms with Crippen molar-refractivity contribution in [2.24, 2.45) is 0 Å². The van der Waals surface area contributed by atoms with Crippen LogP contribution in [0.4, 0.5) is 10.2 Å². The third-order valence-electron chi connectivity index (χ3n) is 7.64. The van der Waals surface area contributed by atoms with Crippen molar-refractivity contribution < 1.29 is 19.0 Å². The Labute approximate surface area is 235 Å². The number of aromatic hydroxyl groups is 1. The van der Waals surface area contributed by atoms with Gasteiger partial charge in [0, 0.05) is 31.9 Å². The Kier molecular flexibility index (Phi) is 6.44. The molecule has 2 aliphatic heterocycles. The Morgan fingerprint density at radius 2 is 2.05 bits per heavy atom. The van der Waals surface area contributed by atoms with E-state index in [1.165, 1.54) is 28.8 Å². The zero-order valence-electron chi connectivity index (χ0n) is 23.0. The summed E-state index contributed by atoms with van der Waals surface area (Å²) in [7, 11) is 0. The lowest BCUT2D eigenvalue weighted by Crippen LogP contribution is -2.56. The van der Waals surface area contributed by atoms with Crippen molar-refractivity contribution in [2.45, 2.75) is 32.7 Å². The molecule has 3 aromatic heterocycles. The molecule has 2 aliphatic rings. The Hall–Kier alpha value is -4.80. The molecule has 0 aliphatic carbocycles. The highest BCUT2D eigenvalue weighted by molar-refractivity contribution is 5.97. The van der Waals surface area contributed by atoms with Gasteiger partial charge >= 0.3 is 5.69 Å². The van der Waals surface area contributed by atoms with Crippen LogP contribution in [0.25, 0.3) is 28.0 Å². The van der Waals surface area contributed by atoms with Crippen LogP contribution in [-0.2, 0) is 4.79 Å². The molecule has 1 atom stereocenters. The number of benzene rings is 1. The number of carbonyl (C=O) groups is 1. The highest BCUT2D eigenvalue weighted by Gasteiger charge is 2.36. The summed E-state index contributed by atoms with van der Waals surface area (Å²) >= 11 is 0. The summed E-state index contributed by atoms with van der Waals surface area (Å²) < 4.78 is 22.8. The SMILES string of the molecule is C=CC(=O)N1CCN2c3nc(=O)n(-c4c(C)ccnc4C(C)C)c4nc(-c5c(O)cccc5F)cc(c34)OC[C@H]2C1. The van der Waals surface area contributed by atoms with Crippen molar-refractivity contribution >= 4 is 22.8 Å². The molecule has 1 N–H and O–H groups in total. The monoisotopic (exact) mass is 556 g/mol. The van der Waals surface area contributed by atoms with Gasteiger partial charge in [-0.15, -0.1) is 0 Å². The van der Waals surface area contributed by atoms with Gasteiger partial charge in [-0.05, 0) is 42.7 Å². The van der Waals surface area contributed by atoms with E-state index in [4.69, 9.17) is 9.72 Å². The summed E-state index contributed by atoms with van der Waals surface area (Å²) in [6.07, 6.45) is 2.97. The molecule has 0 unspecified atom stereocenters. The van der Waals surface area contributed by atoms with Gasteiger partial charge in [0.1, 0.15) is 35.1 Å². The Morgan fingerprint density at radius 1 is 1.24 bits per heavy atom. The third kappa shape index (κ3) is 4.28. The number of fused-ring (bicyclic) bond motifs is 2. The first kappa shape index (κ1) is 26.4. The van der Waals surface area contributed by atoms with Crippen molar-refractivity contribution in [3.63, 3.8) is 0 Å². The second kappa shape index (κ2) is 9.99. The number of aromatic nitrogens is 4. The van der Waals surface area contributed by atoms with E-state index in [0.717, 1.165) is 5.56 Å². The smallest absolute Gasteiger partial charge is 0.355 e. The molecular weight excluding hydrogens is 527 g/mol. The maximum absolute atomic E-state index is 15.1. The summed E-state index contributed by atoms with van der Waals surface area (Å²) in [6, 6.07) is 7.08. The van der Waals surface area contributed by atoms with Crippen molar-refractivity contribution in [2.75, 3.05) is 31.1 Å². The quantitative estimate of drug-likeness (QED) is 0.379. The standard InChI is InChI=1S/C30H29FN6O4/c1-5-23(39)35-11-12-36-18(14-35)15-41-22-13-20(24-19(31)7-6-8-21(24)38)33-29-25(22)28(36)34-30(40)37(29)27-17(4)9-10-32-26(27)16(2)3/h5-10,13,16,18,38H,1,11-12,14-15H2,2-4H3/t18-/m1/s1. The molecular formula is C30H29FN6O4. The second-order valence-corrected chi connectivity index (χ2v) is 10.6. The summed E-state index contributed by atoms with van der Waals surface area (Å²) in [6.45, 7) is 10.8. The molecule has 1 aromatic carbocycles. The molecule has 10 nitrogen and oxygen atoms in total. The number of pyridine rings is 2. The number of hydrogen-bond acceptors (Lipinski definition) is 8. The van der Waals surface area contributed by atoms with E-state index >= 15 is 4.39 Å². The number of phenolic OH excluding ortho intramolecular Hbond substituents is 1. The normalized spacial score (nSPS) is 16.4. The molecule has 210 valence electrons. The second-order valence-electron chi connectivity index (χ2n) is 10.6. The third-order valence-corrected chi connectivity index (χ3v) is 7.64. The minimum atomic E-state index is -0.669. The van der Waals surface area contributed by atoms with Crippen molar-refractivity contribution in [3.8, 4) is 28.4 Å². The van der Waals surface area contributed by atoms with Crippen LogP contribution < -0.4 is 15.3 Å². The number of ether oxygens (including phenoxy) is 1. The highest BCUT2D eigenvalue weighted by Crippen LogP contribution is 2.41. The van der Waals surface area contributed by atoms with E-state index in [0.29, 0.717) is 48.0 Å². The number of piperazine rings is 1. The molecule has 0 spiro atoms. The number of halogens is 1. The van der Waals surface area contributed by atoms with E-state index in [1.807, 2.05) is 25.7 Å². The van der Waals surface area contributed by atoms with Crippen molar-refractivity contribution in [3.05, 3.63) is 76.7 Å². The van der Waals surface area contributed by atoms with Gasteiger partial charge in [0.05, 0.1) is 28.7 Å². The summed E-state index contributed by atoms with van der Waals surface area (Å²) in [5.74, 6) is -0.459. The van der Waals surface area contributed by atoms with Crippen LogP contribution in [0, 0.1) is 12.7 Å². The van der Waals surface area contributed by atoms with Gasteiger partial charge in [-0.1, -0.05) is 26.5 Å². The summed E-state index contributed by atoms with van der Waals surface area (Å²) in [4.78, 5) is 43.9. The first-order valence-electron chi connectivity index (χ1n) is 13.4. The zero-order chi connectivity index (χ0) is 29.0. The predicted molar refractivity (Wildman–Crippen MR) is 152 cm³/mol. The molecule has 6 rings (SSSR count). The lowest BCUT2D eigenvalue weighted by Gasteiger charge is -2.40. The fourth-order valence-corrected chi connectivity index (χ4v) is 5.66. The number of carbonyl (C=O) groups excluding carboxylic acids is 1. The Morgan fingerprint density at radius 3 is 2.78 bits per heavy atom. The van der Waals surface area contributed by atoms with Crippen molar-refractivity contribution in [1.82, 2.24) is 24.4 Å². The zero-order valence-corrected chi connectivity index (χ0v) is 23.0. The predicted octanol–water partition coefficient (Wildman–Crippen LogP) is 3.71. The molecule has 1 amide bonds. The maximum atomic E-state index is 15.1. The minimum absolute atomic E-state index is 0.0309. The van der Waals surface area contributed by atoms with Gasteiger partial charge < -0.3 is 19.6 Å². The van der Waals surface area contributed by atoms with E-state index in [-0.39, 0.29) is 47.1 Å².